The van der Waals surface area contributed by atoms with E-state index in [9.17, 15) is 9.90 Å². The summed E-state index contributed by atoms with van der Waals surface area (Å²) in [7, 11) is 0. The Kier molecular flexibility index (Phi) is 3.48. The average Bonchev–Trinajstić information content (AvgIpc) is 2.89. The van der Waals surface area contributed by atoms with Crippen LogP contribution in [0.4, 0.5) is 5.82 Å². The molecule has 1 saturated heterocycles. The average molecular weight is 290 g/mol. The summed E-state index contributed by atoms with van der Waals surface area (Å²) in [6, 6.07) is 0. The molecular formula is C14H18N4O3. The minimum Gasteiger partial charge on any atom is -0.481 e. The normalized spacial score (nSPS) is 19.1. The number of fused-ring (bicyclic) bond motifs is 1. The Balaban J connectivity index is 2.06. The molecule has 0 radical (unpaired) electrons. The lowest BCUT2D eigenvalue weighted by molar-refractivity contribution is -0.141. The molecule has 0 bridgehead atoms. The summed E-state index contributed by atoms with van der Waals surface area (Å²) in [6.45, 7) is 5.06. The Labute approximate surface area is 122 Å². The molecule has 112 valence electrons. The van der Waals surface area contributed by atoms with E-state index in [-0.39, 0.29) is 5.92 Å². The molecule has 7 nitrogen and oxygen atoms in total. The predicted molar refractivity (Wildman–Crippen MR) is 76.3 cm³/mol. The molecule has 1 fully saturated rings. The smallest absolute Gasteiger partial charge is 0.308 e. The lowest BCUT2D eigenvalue weighted by Crippen LogP contribution is -2.39. The lowest BCUT2D eigenvalue weighted by atomic mass is 9.98. The van der Waals surface area contributed by atoms with Crippen LogP contribution in [0.15, 0.2) is 4.52 Å². The summed E-state index contributed by atoms with van der Waals surface area (Å²) in [5.74, 6) is 0.257. The van der Waals surface area contributed by atoms with Crippen LogP contribution in [-0.2, 0) is 11.2 Å². The van der Waals surface area contributed by atoms with Gasteiger partial charge in [0.25, 0.3) is 5.71 Å². The van der Waals surface area contributed by atoms with Gasteiger partial charge in [0, 0.05) is 13.1 Å². The van der Waals surface area contributed by atoms with Gasteiger partial charge in [0.15, 0.2) is 0 Å². The summed E-state index contributed by atoms with van der Waals surface area (Å²) in [5, 5.41) is 14.1. The van der Waals surface area contributed by atoms with E-state index in [1.165, 1.54) is 0 Å². The van der Waals surface area contributed by atoms with Crippen LogP contribution < -0.4 is 4.90 Å². The fraction of sp³-hybridized carbons (Fsp3) is 0.571. The van der Waals surface area contributed by atoms with Crippen molar-refractivity contribution in [1.29, 1.82) is 0 Å². The molecule has 1 N–H and O–H groups in total. The number of hydrogen-bond donors (Lipinski definition) is 1. The molecule has 21 heavy (non-hydrogen) atoms. The third-order valence-electron chi connectivity index (χ3n) is 3.90. The number of carboxylic acid groups (broad SMARTS) is 1. The third kappa shape index (κ3) is 2.43. The minimum atomic E-state index is -0.747. The van der Waals surface area contributed by atoms with Gasteiger partial charge in [-0.2, -0.15) is 4.98 Å². The van der Waals surface area contributed by atoms with Crippen molar-refractivity contribution in [2.75, 3.05) is 18.0 Å². The molecule has 7 heteroatoms. The van der Waals surface area contributed by atoms with E-state index in [0.717, 1.165) is 36.3 Å². The van der Waals surface area contributed by atoms with E-state index in [2.05, 4.69) is 15.1 Å². The van der Waals surface area contributed by atoms with Crippen LogP contribution in [-0.4, -0.2) is 39.3 Å². The SMILES string of the molecule is CCc1noc2nc(C)nc(N3CCCC(C(=O)O)C3)c12. The molecule has 0 spiro atoms. The standard InChI is InChI=1S/C14H18N4O3/c1-3-10-11-12(15-8(2)16-13(11)21-17-10)18-6-4-5-9(7-18)14(19)20/h9H,3-7H2,1-2H3,(H,19,20). The van der Waals surface area contributed by atoms with Gasteiger partial charge < -0.3 is 14.5 Å². The van der Waals surface area contributed by atoms with Crippen LogP contribution >= 0.6 is 0 Å². The molecule has 1 aliphatic rings. The first-order chi connectivity index (χ1) is 10.1. The fourth-order valence-corrected chi connectivity index (χ4v) is 2.84. The largest absolute Gasteiger partial charge is 0.481 e. The molecule has 3 rings (SSSR count). The highest BCUT2D eigenvalue weighted by molar-refractivity contribution is 5.88. The van der Waals surface area contributed by atoms with Crippen LogP contribution in [0.1, 0.15) is 31.3 Å². The van der Waals surface area contributed by atoms with E-state index in [1.807, 2.05) is 11.8 Å². The summed E-state index contributed by atoms with van der Waals surface area (Å²) in [5.41, 5.74) is 1.30. The molecule has 2 aromatic rings. The summed E-state index contributed by atoms with van der Waals surface area (Å²) in [6.07, 6.45) is 2.28. The molecule has 3 heterocycles. The van der Waals surface area contributed by atoms with Crippen LogP contribution in [0.3, 0.4) is 0 Å². The van der Waals surface area contributed by atoms with Gasteiger partial charge in [-0.05, 0) is 26.2 Å². The molecule has 0 amide bonds. The molecule has 0 aliphatic carbocycles. The zero-order valence-corrected chi connectivity index (χ0v) is 12.2. The van der Waals surface area contributed by atoms with Crippen molar-refractivity contribution in [2.45, 2.75) is 33.1 Å². The van der Waals surface area contributed by atoms with E-state index < -0.39 is 5.97 Å². The first kappa shape index (κ1) is 13.8. The number of aryl methyl sites for hydroxylation is 2. The van der Waals surface area contributed by atoms with E-state index in [4.69, 9.17) is 4.52 Å². The Morgan fingerprint density at radius 3 is 3.00 bits per heavy atom. The van der Waals surface area contributed by atoms with E-state index in [1.54, 1.807) is 6.92 Å². The van der Waals surface area contributed by atoms with E-state index in [0.29, 0.717) is 24.5 Å². The number of anilines is 1. The number of hydrogen-bond acceptors (Lipinski definition) is 6. The highest BCUT2D eigenvalue weighted by atomic mass is 16.5. The number of carboxylic acids is 1. The summed E-state index contributed by atoms with van der Waals surface area (Å²) >= 11 is 0. The van der Waals surface area contributed by atoms with Gasteiger partial charge >= 0.3 is 5.97 Å². The zero-order valence-electron chi connectivity index (χ0n) is 12.2. The number of piperidine rings is 1. The zero-order chi connectivity index (χ0) is 15.0. The van der Waals surface area contributed by atoms with Gasteiger partial charge in [-0.15, -0.1) is 0 Å². The van der Waals surface area contributed by atoms with Gasteiger partial charge in [0.2, 0.25) is 0 Å². The minimum absolute atomic E-state index is 0.353. The Morgan fingerprint density at radius 2 is 2.29 bits per heavy atom. The van der Waals surface area contributed by atoms with E-state index >= 15 is 0 Å². The topological polar surface area (TPSA) is 92.4 Å². The van der Waals surface area contributed by atoms with Gasteiger partial charge in [0.1, 0.15) is 17.0 Å². The quantitative estimate of drug-likeness (QED) is 0.921. The van der Waals surface area contributed by atoms with Crippen molar-refractivity contribution in [3.05, 3.63) is 11.5 Å². The van der Waals surface area contributed by atoms with Gasteiger partial charge in [-0.1, -0.05) is 12.1 Å². The molecule has 2 aromatic heterocycles. The van der Waals surface area contributed by atoms with Crippen molar-refractivity contribution in [3.63, 3.8) is 0 Å². The first-order valence-corrected chi connectivity index (χ1v) is 7.20. The Hall–Kier alpha value is -2.18. The monoisotopic (exact) mass is 290 g/mol. The highest BCUT2D eigenvalue weighted by Gasteiger charge is 2.28. The van der Waals surface area contributed by atoms with Crippen LogP contribution in [0.5, 0.6) is 0 Å². The maximum atomic E-state index is 11.2. The highest BCUT2D eigenvalue weighted by Crippen LogP contribution is 2.30. The second-order valence-electron chi connectivity index (χ2n) is 5.38. The maximum Gasteiger partial charge on any atom is 0.308 e. The number of nitrogens with zero attached hydrogens (tertiary/aromatic N) is 4. The van der Waals surface area contributed by atoms with Crippen LogP contribution in [0, 0.1) is 12.8 Å². The van der Waals surface area contributed by atoms with Crippen molar-refractivity contribution < 1.29 is 14.4 Å². The molecule has 0 aromatic carbocycles. The second-order valence-corrected chi connectivity index (χ2v) is 5.38. The summed E-state index contributed by atoms with van der Waals surface area (Å²) in [4.78, 5) is 22.1. The molecule has 1 atom stereocenters. The number of carbonyl (C=O) groups is 1. The Morgan fingerprint density at radius 1 is 1.48 bits per heavy atom. The van der Waals surface area contributed by atoms with Gasteiger partial charge in [-0.3, -0.25) is 4.79 Å². The summed E-state index contributed by atoms with van der Waals surface area (Å²) < 4.78 is 5.28. The first-order valence-electron chi connectivity index (χ1n) is 7.20. The predicted octanol–water partition coefficient (Wildman–Crippen LogP) is 1.79. The lowest BCUT2D eigenvalue weighted by Gasteiger charge is -2.31. The number of aromatic nitrogens is 3. The third-order valence-corrected chi connectivity index (χ3v) is 3.90. The second kappa shape index (κ2) is 5.31. The number of rotatable bonds is 3. The maximum absolute atomic E-state index is 11.2. The van der Waals surface area contributed by atoms with Gasteiger partial charge in [0.05, 0.1) is 11.6 Å². The molecule has 0 saturated carbocycles. The fourth-order valence-electron chi connectivity index (χ4n) is 2.84. The van der Waals surface area contributed by atoms with Crippen LogP contribution in [0.2, 0.25) is 0 Å². The van der Waals surface area contributed by atoms with Gasteiger partial charge in [-0.25, -0.2) is 4.98 Å². The molecular weight excluding hydrogens is 272 g/mol. The van der Waals surface area contributed by atoms with Crippen LogP contribution in [0.25, 0.3) is 11.1 Å². The Bertz CT molecular complexity index is 682. The van der Waals surface area contributed by atoms with Crippen molar-refractivity contribution >= 4 is 22.9 Å². The van der Waals surface area contributed by atoms with Crippen molar-refractivity contribution in [3.8, 4) is 0 Å². The molecule has 1 unspecified atom stereocenters. The van der Waals surface area contributed by atoms with Crippen molar-refractivity contribution in [2.24, 2.45) is 5.92 Å². The molecule has 1 aliphatic heterocycles. The number of aliphatic carboxylic acids is 1. The van der Waals surface area contributed by atoms with Crippen molar-refractivity contribution in [1.82, 2.24) is 15.1 Å².